The third-order valence-corrected chi connectivity index (χ3v) is 5.76. The minimum atomic E-state index is 0.354. The Morgan fingerprint density at radius 2 is 1.95 bits per heavy atom. The second-order valence-electron chi connectivity index (χ2n) is 7.03. The minimum absolute atomic E-state index is 0.354. The zero-order chi connectivity index (χ0) is 13.9. The largest absolute Gasteiger partial charge is 0.374 e. The highest BCUT2D eigenvalue weighted by molar-refractivity contribution is 5.05. The molecule has 0 radical (unpaired) electrons. The summed E-state index contributed by atoms with van der Waals surface area (Å²) in [5.41, 5.74) is 0.354. The van der Waals surface area contributed by atoms with E-state index < -0.39 is 0 Å². The van der Waals surface area contributed by atoms with Crippen LogP contribution in [0.1, 0.15) is 72.6 Å². The van der Waals surface area contributed by atoms with E-state index in [-0.39, 0.29) is 0 Å². The summed E-state index contributed by atoms with van der Waals surface area (Å²) >= 11 is 0. The van der Waals surface area contributed by atoms with Crippen molar-refractivity contribution in [2.24, 2.45) is 11.3 Å². The fourth-order valence-corrected chi connectivity index (χ4v) is 3.83. The van der Waals surface area contributed by atoms with Gasteiger partial charge in [-0.25, -0.2) is 0 Å². The lowest BCUT2D eigenvalue weighted by Gasteiger charge is -2.55. The van der Waals surface area contributed by atoms with E-state index in [9.17, 15) is 0 Å². The molecule has 2 aliphatic rings. The van der Waals surface area contributed by atoms with Gasteiger partial charge >= 0.3 is 0 Å². The van der Waals surface area contributed by atoms with E-state index in [1.807, 2.05) is 0 Å². The van der Waals surface area contributed by atoms with Gasteiger partial charge in [-0.2, -0.15) is 0 Å². The summed E-state index contributed by atoms with van der Waals surface area (Å²) in [6, 6.07) is 0.668. The van der Waals surface area contributed by atoms with Gasteiger partial charge in [0.1, 0.15) is 0 Å². The van der Waals surface area contributed by atoms with Crippen LogP contribution in [-0.4, -0.2) is 24.8 Å². The van der Waals surface area contributed by atoms with Crippen molar-refractivity contribution in [1.82, 2.24) is 5.32 Å². The fraction of sp³-hybridized carbons (Fsp3) is 1.00. The second kappa shape index (κ2) is 6.58. The molecule has 5 atom stereocenters. The van der Waals surface area contributed by atoms with Gasteiger partial charge in [0, 0.05) is 11.5 Å². The molecular formula is C17H33NO. The first-order valence-corrected chi connectivity index (χ1v) is 8.50. The molecule has 0 bridgehead atoms. The first-order valence-electron chi connectivity index (χ1n) is 8.50. The molecule has 2 rings (SSSR count). The third-order valence-electron chi connectivity index (χ3n) is 5.76. The van der Waals surface area contributed by atoms with Crippen LogP contribution in [0.5, 0.6) is 0 Å². The zero-order valence-corrected chi connectivity index (χ0v) is 13.4. The molecule has 19 heavy (non-hydrogen) atoms. The van der Waals surface area contributed by atoms with Crippen LogP contribution in [0.2, 0.25) is 0 Å². The van der Waals surface area contributed by atoms with Crippen molar-refractivity contribution in [3.05, 3.63) is 0 Å². The number of hydrogen-bond donors (Lipinski definition) is 1. The van der Waals surface area contributed by atoms with E-state index in [0.29, 0.717) is 23.7 Å². The Balaban J connectivity index is 1.87. The average molecular weight is 267 g/mol. The van der Waals surface area contributed by atoms with Gasteiger partial charge in [0.15, 0.2) is 0 Å². The quantitative estimate of drug-likeness (QED) is 0.781. The summed E-state index contributed by atoms with van der Waals surface area (Å²) in [7, 11) is 0. The standard InChI is InChI=1S/C17H33NO/c1-5-11-18-15-12-16(17(15,4)6-2)19-14-10-8-7-9-13(14)3/h13-16,18H,5-12H2,1-4H3. The molecule has 2 heteroatoms. The molecule has 112 valence electrons. The van der Waals surface area contributed by atoms with Gasteiger partial charge in [-0.3, -0.25) is 0 Å². The van der Waals surface area contributed by atoms with Gasteiger partial charge in [-0.1, -0.05) is 40.5 Å². The molecule has 2 fully saturated rings. The average Bonchev–Trinajstić information content (AvgIpc) is 2.42. The maximum Gasteiger partial charge on any atom is 0.0662 e. The van der Waals surface area contributed by atoms with Crippen LogP contribution in [0.3, 0.4) is 0 Å². The summed E-state index contributed by atoms with van der Waals surface area (Å²) in [4.78, 5) is 0. The summed E-state index contributed by atoms with van der Waals surface area (Å²) < 4.78 is 6.52. The van der Waals surface area contributed by atoms with Crippen LogP contribution in [0.25, 0.3) is 0 Å². The predicted octanol–water partition coefficient (Wildman–Crippen LogP) is 4.14. The lowest BCUT2D eigenvalue weighted by atomic mass is 9.61. The number of nitrogens with one attached hydrogen (secondary N) is 1. The Morgan fingerprint density at radius 3 is 2.58 bits per heavy atom. The predicted molar refractivity (Wildman–Crippen MR) is 81.4 cm³/mol. The molecule has 0 aromatic heterocycles. The molecule has 0 spiro atoms. The maximum absolute atomic E-state index is 6.52. The molecule has 2 nitrogen and oxygen atoms in total. The monoisotopic (exact) mass is 267 g/mol. The van der Waals surface area contributed by atoms with Crippen LogP contribution < -0.4 is 5.32 Å². The lowest BCUT2D eigenvalue weighted by molar-refractivity contribution is -0.173. The van der Waals surface area contributed by atoms with Gasteiger partial charge in [-0.05, 0) is 44.6 Å². The van der Waals surface area contributed by atoms with E-state index in [1.165, 1.54) is 44.9 Å². The summed E-state index contributed by atoms with van der Waals surface area (Å²) in [5, 5.41) is 3.71. The van der Waals surface area contributed by atoms with Crippen LogP contribution in [0.15, 0.2) is 0 Å². The number of hydrogen-bond acceptors (Lipinski definition) is 2. The number of rotatable bonds is 6. The summed E-state index contributed by atoms with van der Waals surface area (Å²) in [5.74, 6) is 0.762. The Morgan fingerprint density at radius 1 is 1.21 bits per heavy atom. The van der Waals surface area contributed by atoms with Crippen molar-refractivity contribution >= 4 is 0 Å². The van der Waals surface area contributed by atoms with E-state index in [4.69, 9.17) is 4.74 Å². The summed E-state index contributed by atoms with van der Waals surface area (Å²) in [6.45, 7) is 10.5. The van der Waals surface area contributed by atoms with Crippen LogP contribution in [-0.2, 0) is 4.74 Å². The molecule has 2 aliphatic carbocycles. The summed E-state index contributed by atoms with van der Waals surface area (Å²) in [6.07, 6.45) is 10.1. The van der Waals surface area contributed by atoms with E-state index >= 15 is 0 Å². The molecule has 0 amide bonds. The van der Waals surface area contributed by atoms with Gasteiger partial charge in [-0.15, -0.1) is 0 Å². The van der Waals surface area contributed by atoms with E-state index in [0.717, 1.165) is 12.5 Å². The molecule has 1 N–H and O–H groups in total. The molecular weight excluding hydrogens is 234 g/mol. The minimum Gasteiger partial charge on any atom is -0.374 e. The van der Waals surface area contributed by atoms with Crippen molar-refractivity contribution in [2.45, 2.75) is 90.9 Å². The highest BCUT2D eigenvalue weighted by Crippen LogP contribution is 2.47. The highest BCUT2D eigenvalue weighted by Gasteiger charge is 2.51. The highest BCUT2D eigenvalue weighted by atomic mass is 16.5. The Bertz CT molecular complexity index is 280. The van der Waals surface area contributed by atoms with E-state index in [1.54, 1.807) is 0 Å². The normalized spacial score (nSPS) is 42.9. The van der Waals surface area contributed by atoms with Crippen LogP contribution in [0.4, 0.5) is 0 Å². The SMILES string of the molecule is CCCNC1CC(OC2CCCCC2C)C1(C)CC. The molecule has 0 aliphatic heterocycles. The molecule has 0 saturated heterocycles. The van der Waals surface area contributed by atoms with Gasteiger partial charge < -0.3 is 10.1 Å². The van der Waals surface area contributed by atoms with Crippen molar-refractivity contribution in [3.8, 4) is 0 Å². The molecule has 0 aromatic rings. The molecule has 5 unspecified atom stereocenters. The van der Waals surface area contributed by atoms with Gasteiger partial charge in [0.2, 0.25) is 0 Å². The first-order chi connectivity index (χ1) is 9.11. The van der Waals surface area contributed by atoms with Crippen molar-refractivity contribution in [3.63, 3.8) is 0 Å². The van der Waals surface area contributed by atoms with Gasteiger partial charge in [0.05, 0.1) is 12.2 Å². The Hall–Kier alpha value is -0.0800. The molecule has 0 aromatic carbocycles. The van der Waals surface area contributed by atoms with Crippen LogP contribution >= 0.6 is 0 Å². The fourth-order valence-electron chi connectivity index (χ4n) is 3.83. The van der Waals surface area contributed by atoms with Crippen molar-refractivity contribution < 1.29 is 4.74 Å². The second-order valence-corrected chi connectivity index (χ2v) is 7.03. The van der Waals surface area contributed by atoms with Crippen molar-refractivity contribution in [2.75, 3.05) is 6.54 Å². The topological polar surface area (TPSA) is 21.3 Å². The lowest BCUT2D eigenvalue weighted by Crippen LogP contribution is -2.63. The van der Waals surface area contributed by atoms with E-state index in [2.05, 4.69) is 33.0 Å². The van der Waals surface area contributed by atoms with Gasteiger partial charge in [0.25, 0.3) is 0 Å². The third kappa shape index (κ3) is 3.16. The Kier molecular flexibility index (Phi) is 5.30. The Labute approximate surface area is 119 Å². The van der Waals surface area contributed by atoms with Crippen LogP contribution in [0, 0.1) is 11.3 Å². The maximum atomic E-state index is 6.52. The van der Waals surface area contributed by atoms with Crippen molar-refractivity contribution in [1.29, 1.82) is 0 Å². The first kappa shape index (κ1) is 15.3. The molecule has 2 saturated carbocycles. The molecule has 0 heterocycles. The number of ether oxygens (including phenoxy) is 1. The zero-order valence-electron chi connectivity index (χ0n) is 13.4. The smallest absolute Gasteiger partial charge is 0.0662 e.